The van der Waals surface area contributed by atoms with E-state index in [2.05, 4.69) is 20.7 Å². The molecular weight excluding hydrogens is 256 g/mol. The molecule has 1 heterocycles. The number of hydrogen-bond acceptors (Lipinski definition) is 5. The van der Waals surface area contributed by atoms with Crippen LogP contribution < -0.4 is 5.32 Å². The van der Waals surface area contributed by atoms with Gasteiger partial charge in [-0.1, -0.05) is 30.3 Å². The number of aromatic nitrogens is 3. The van der Waals surface area contributed by atoms with Gasteiger partial charge in [-0.3, -0.25) is 0 Å². The predicted octanol–water partition coefficient (Wildman–Crippen LogP) is 1.22. The number of hydrogen-bond donors (Lipinski definition) is 2. The number of aromatic amines is 1. The van der Waals surface area contributed by atoms with Crippen LogP contribution >= 0.6 is 0 Å². The molecule has 0 bridgehead atoms. The summed E-state index contributed by atoms with van der Waals surface area (Å²) in [6.07, 6.45) is 0.0343. The van der Waals surface area contributed by atoms with Crippen LogP contribution in [0.1, 0.15) is 5.69 Å². The molecule has 0 fully saturated rings. The maximum Gasteiger partial charge on any atom is 0.117 e. The molecule has 0 saturated heterocycles. The molecule has 2 N–H and O–H groups in total. The van der Waals surface area contributed by atoms with Gasteiger partial charge < -0.3 is 14.8 Å². The molecule has 0 amide bonds. The van der Waals surface area contributed by atoms with Gasteiger partial charge in [-0.25, -0.2) is 0 Å². The molecule has 0 aliphatic rings. The first-order valence-electron chi connectivity index (χ1n) is 6.52. The van der Waals surface area contributed by atoms with Gasteiger partial charge in [0.15, 0.2) is 0 Å². The van der Waals surface area contributed by atoms with Crippen molar-refractivity contribution in [2.24, 2.45) is 0 Å². The van der Waals surface area contributed by atoms with Crippen LogP contribution in [0.15, 0.2) is 30.3 Å². The molecule has 2 aromatic rings. The van der Waals surface area contributed by atoms with Gasteiger partial charge >= 0.3 is 0 Å². The second-order valence-corrected chi connectivity index (χ2v) is 4.43. The van der Waals surface area contributed by atoms with Gasteiger partial charge in [0.05, 0.1) is 12.7 Å². The van der Waals surface area contributed by atoms with Gasteiger partial charge in [0.2, 0.25) is 0 Å². The zero-order chi connectivity index (χ0) is 14.2. The lowest BCUT2D eigenvalue weighted by molar-refractivity contribution is 0.0287. The van der Waals surface area contributed by atoms with Crippen LogP contribution in [0.2, 0.25) is 0 Å². The smallest absolute Gasteiger partial charge is 0.117 e. The molecule has 0 saturated carbocycles. The highest BCUT2D eigenvalue weighted by Gasteiger charge is 2.11. The Morgan fingerprint density at radius 2 is 2.00 bits per heavy atom. The van der Waals surface area contributed by atoms with Crippen LogP contribution in [0.4, 0.5) is 0 Å². The summed E-state index contributed by atoms with van der Waals surface area (Å²) in [5.74, 6) is 0. The molecular formula is C14H20N4O2. The average Bonchev–Trinajstić information content (AvgIpc) is 2.95. The minimum atomic E-state index is 0.0343. The second kappa shape index (κ2) is 7.74. The van der Waals surface area contributed by atoms with E-state index in [9.17, 15) is 0 Å². The summed E-state index contributed by atoms with van der Waals surface area (Å²) in [5, 5.41) is 14.4. The number of nitrogens with one attached hydrogen (secondary N) is 2. The van der Waals surface area contributed by atoms with Gasteiger partial charge in [0.25, 0.3) is 0 Å². The fourth-order valence-electron chi connectivity index (χ4n) is 1.95. The first kappa shape index (κ1) is 14.6. The molecule has 2 rings (SSSR count). The van der Waals surface area contributed by atoms with Crippen molar-refractivity contribution in [2.45, 2.75) is 12.6 Å². The highest BCUT2D eigenvalue weighted by atomic mass is 16.5. The zero-order valence-electron chi connectivity index (χ0n) is 11.8. The van der Waals surface area contributed by atoms with Crippen molar-refractivity contribution in [1.29, 1.82) is 0 Å². The highest BCUT2D eigenvalue weighted by molar-refractivity contribution is 5.60. The molecule has 1 aromatic carbocycles. The fraction of sp³-hybridized carbons (Fsp3) is 0.429. The number of benzene rings is 1. The summed E-state index contributed by atoms with van der Waals surface area (Å²) in [6, 6.07) is 9.99. The third-order valence-corrected chi connectivity index (χ3v) is 3.02. The lowest BCUT2D eigenvalue weighted by Gasteiger charge is -2.14. The molecule has 0 spiro atoms. The van der Waals surface area contributed by atoms with E-state index in [1.54, 1.807) is 14.2 Å². The van der Waals surface area contributed by atoms with E-state index in [4.69, 9.17) is 9.47 Å². The van der Waals surface area contributed by atoms with E-state index < -0.39 is 0 Å². The quantitative estimate of drug-likeness (QED) is 0.758. The molecule has 20 heavy (non-hydrogen) atoms. The minimum Gasteiger partial charge on any atom is -0.382 e. The van der Waals surface area contributed by atoms with Gasteiger partial charge in [0, 0.05) is 32.9 Å². The van der Waals surface area contributed by atoms with Gasteiger partial charge in [0.1, 0.15) is 11.4 Å². The summed E-state index contributed by atoms with van der Waals surface area (Å²) >= 11 is 0. The van der Waals surface area contributed by atoms with Crippen molar-refractivity contribution in [1.82, 2.24) is 20.7 Å². The summed E-state index contributed by atoms with van der Waals surface area (Å²) in [7, 11) is 3.34. The molecule has 6 nitrogen and oxygen atoms in total. The number of nitrogens with zero attached hydrogens (tertiary/aromatic N) is 2. The third-order valence-electron chi connectivity index (χ3n) is 3.02. The maximum atomic E-state index is 5.29. The largest absolute Gasteiger partial charge is 0.382 e. The molecule has 1 aromatic heterocycles. The van der Waals surface area contributed by atoms with Crippen molar-refractivity contribution in [2.75, 3.05) is 27.4 Å². The number of methoxy groups -OCH3 is 2. The van der Waals surface area contributed by atoms with Gasteiger partial charge in [-0.2, -0.15) is 15.4 Å². The van der Waals surface area contributed by atoms with Crippen LogP contribution in [0, 0.1) is 0 Å². The Morgan fingerprint density at radius 1 is 1.20 bits per heavy atom. The molecule has 1 atom stereocenters. The Balaban J connectivity index is 1.93. The van der Waals surface area contributed by atoms with E-state index in [0.29, 0.717) is 19.7 Å². The Labute approximate surface area is 118 Å². The van der Waals surface area contributed by atoms with Gasteiger partial charge in [-0.05, 0) is 0 Å². The lowest BCUT2D eigenvalue weighted by Crippen LogP contribution is -2.31. The molecule has 0 radical (unpaired) electrons. The predicted molar refractivity (Wildman–Crippen MR) is 76.2 cm³/mol. The van der Waals surface area contributed by atoms with Crippen molar-refractivity contribution < 1.29 is 9.47 Å². The van der Waals surface area contributed by atoms with Crippen LogP contribution in [-0.4, -0.2) is 48.9 Å². The number of ether oxygens (including phenoxy) is 2. The van der Waals surface area contributed by atoms with Crippen molar-refractivity contribution in [3.8, 4) is 11.3 Å². The Kier molecular flexibility index (Phi) is 5.67. The SMILES string of the molecule is COCC(CNCc1n[nH]nc1-c1ccccc1)OC. The Hall–Kier alpha value is -1.76. The van der Waals surface area contributed by atoms with Crippen molar-refractivity contribution >= 4 is 0 Å². The summed E-state index contributed by atoms with van der Waals surface area (Å²) in [6.45, 7) is 1.89. The topological polar surface area (TPSA) is 72.1 Å². The molecule has 6 heteroatoms. The molecule has 1 unspecified atom stereocenters. The molecule has 108 valence electrons. The molecule has 0 aliphatic heterocycles. The molecule has 0 aliphatic carbocycles. The Morgan fingerprint density at radius 3 is 2.70 bits per heavy atom. The van der Waals surface area contributed by atoms with Gasteiger partial charge in [-0.15, -0.1) is 0 Å². The summed E-state index contributed by atoms with van der Waals surface area (Å²) in [4.78, 5) is 0. The highest BCUT2D eigenvalue weighted by Crippen LogP contribution is 2.18. The van der Waals surface area contributed by atoms with Crippen molar-refractivity contribution in [3.05, 3.63) is 36.0 Å². The second-order valence-electron chi connectivity index (χ2n) is 4.43. The third kappa shape index (κ3) is 3.86. The monoisotopic (exact) mass is 276 g/mol. The van der Waals surface area contributed by atoms with E-state index in [1.165, 1.54) is 0 Å². The van der Waals surface area contributed by atoms with E-state index in [0.717, 1.165) is 17.0 Å². The van der Waals surface area contributed by atoms with E-state index in [1.807, 2.05) is 30.3 Å². The minimum absolute atomic E-state index is 0.0343. The first-order valence-corrected chi connectivity index (χ1v) is 6.52. The van der Waals surface area contributed by atoms with Crippen LogP contribution in [0.5, 0.6) is 0 Å². The number of H-pyrrole nitrogens is 1. The Bertz CT molecular complexity index is 501. The van der Waals surface area contributed by atoms with E-state index >= 15 is 0 Å². The summed E-state index contributed by atoms with van der Waals surface area (Å²) < 4.78 is 10.4. The van der Waals surface area contributed by atoms with Crippen LogP contribution in [0.25, 0.3) is 11.3 Å². The summed E-state index contributed by atoms with van der Waals surface area (Å²) in [5.41, 5.74) is 2.82. The van der Waals surface area contributed by atoms with Crippen molar-refractivity contribution in [3.63, 3.8) is 0 Å². The lowest BCUT2D eigenvalue weighted by atomic mass is 10.1. The standard InChI is InChI=1S/C14H20N4O2/c1-19-10-12(20-2)8-15-9-13-14(17-18-16-13)11-6-4-3-5-7-11/h3-7,12,15H,8-10H2,1-2H3,(H,16,17,18). The number of rotatable bonds is 8. The average molecular weight is 276 g/mol. The zero-order valence-corrected chi connectivity index (χ0v) is 11.8. The van der Waals surface area contributed by atoms with Crippen LogP contribution in [-0.2, 0) is 16.0 Å². The fourth-order valence-corrected chi connectivity index (χ4v) is 1.95. The first-order chi connectivity index (χ1) is 9.85. The maximum absolute atomic E-state index is 5.29. The van der Waals surface area contributed by atoms with Crippen LogP contribution in [0.3, 0.4) is 0 Å². The normalized spacial score (nSPS) is 12.5. The van der Waals surface area contributed by atoms with E-state index in [-0.39, 0.29) is 6.10 Å².